The van der Waals surface area contributed by atoms with E-state index in [9.17, 15) is 0 Å². The van der Waals surface area contributed by atoms with Crippen LogP contribution >= 0.6 is 0 Å². The van der Waals surface area contributed by atoms with Gasteiger partial charge in [0, 0.05) is 101 Å². The minimum absolute atomic E-state index is 0.00692. The second-order valence-corrected chi connectivity index (χ2v) is 34.5. The van der Waals surface area contributed by atoms with Crippen molar-refractivity contribution in [1.29, 1.82) is 0 Å². The zero-order valence-electron chi connectivity index (χ0n) is 61.5. The van der Waals surface area contributed by atoms with E-state index in [1.165, 1.54) is 77.0 Å². The van der Waals surface area contributed by atoms with Gasteiger partial charge in [0.05, 0.1) is 22.1 Å². The van der Waals surface area contributed by atoms with Gasteiger partial charge in [-0.3, -0.25) is 0 Å². The van der Waals surface area contributed by atoms with Gasteiger partial charge in [-0.25, -0.2) is 0 Å². The predicted octanol–water partition coefficient (Wildman–Crippen LogP) is 27.6. The van der Waals surface area contributed by atoms with E-state index >= 15 is 0 Å². The maximum Gasteiger partial charge on any atom is 0.137 e. The molecule has 6 heteroatoms. The third-order valence-electron chi connectivity index (χ3n) is 21.1. The van der Waals surface area contributed by atoms with E-state index in [-0.39, 0.29) is 32.5 Å². The number of hydrogen-bond donors (Lipinski definition) is 0. The summed E-state index contributed by atoms with van der Waals surface area (Å²) in [5, 5.41) is 11.3. The zero-order chi connectivity index (χ0) is 70.1. The fourth-order valence-corrected chi connectivity index (χ4v) is 15.1. The fourth-order valence-electron chi connectivity index (χ4n) is 15.1. The van der Waals surface area contributed by atoms with E-state index in [1.54, 1.807) is 0 Å². The standard InChI is InChI=1S/C94H92N4O2/c1-89(2,3)59-25-23-27-65(47-59)97-81-31-21-19-29-73(81)77-53-67(35-39-83(77)97)95(71-49-61(91(7,8)9)45-62(50-71)92(10,11)12)69-33-37-75-79-41-57-44-86-80(42-58(57)43-85(79)99-87(75)55-69)76-38-34-70(56-88(76)100-86)96(72-51-63(93(13,14)15)46-64(52-72)94(16,17)18)68-36-40-84-78(54-68)74-30-20-22-32-82(74)98(84)66-28-24-26-60(48-66)90(4,5)6/h19-56H,1-18H3. The van der Waals surface area contributed by atoms with Crippen molar-refractivity contribution in [2.45, 2.75) is 157 Å². The van der Waals surface area contributed by atoms with Gasteiger partial charge in [0.1, 0.15) is 22.3 Å². The molecule has 4 heterocycles. The molecule has 0 amide bonds. The first-order valence-corrected chi connectivity index (χ1v) is 35.8. The first kappa shape index (κ1) is 64.4. The highest BCUT2D eigenvalue weighted by Gasteiger charge is 2.29. The van der Waals surface area contributed by atoms with Crippen LogP contribution in [0.3, 0.4) is 0 Å². The van der Waals surface area contributed by atoms with E-state index in [0.717, 1.165) is 100 Å². The molecule has 0 radical (unpaired) electrons. The van der Waals surface area contributed by atoms with Gasteiger partial charge < -0.3 is 27.8 Å². The normalized spacial score (nSPS) is 13.1. The Morgan fingerprint density at radius 1 is 0.220 bits per heavy atom. The number of benzene rings is 12. The molecule has 6 nitrogen and oxygen atoms in total. The molecule has 0 aliphatic rings. The average Bonchev–Trinajstić information content (AvgIpc) is 1.56. The highest BCUT2D eigenvalue weighted by Crippen LogP contribution is 2.49. The molecule has 0 N–H and O–H groups in total. The number of fused-ring (bicyclic) bond motifs is 13. The Hall–Kier alpha value is -10.3. The molecule has 100 heavy (non-hydrogen) atoms. The maximum absolute atomic E-state index is 7.09. The van der Waals surface area contributed by atoms with Gasteiger partial charge in [0.15, 0.2) is 0 Å². The molecule has 500 valence electrons. The summed E-state index contributed by atoms with van der Waals surface area (Å²) in [6.45, 7) is 41.5. The lowest BCUT2D eigenvalue weighted by Gasteiger charge is -2.31. The molecule has 0 unspecified atom stereocenters. The molecule has 16 aromatic rings. The number of hydrogen-bond acceptors (Lipinski definition) is 4. The first-order chi connectivity index (χ1) is 47.3. The van der Waals surface area contributed by atoms with Crippen LogP contribution in [0.15, 0.2) is 239 Å². The monoisotopic (exact) mass is 1310 g/mol. The Kier molecular flexibility index (Phi) is 14.6. The lowest BCUT2D eigenvalue weighted by molar-refractivity contribution is 0.568. The van der Waals surface area contributed by atoms with Crippen LogP contribution in [-0.2, 0) is 32.5 Å². The van der Waals surface area contributed by atoms with Crippen LogP contribution < -0.4 is 9.80 Å². The van der Waals surface area contributed by atoms with Gasteiger partial charge in [-0.1, -0.05) is 197 Å². The highest BCUT2D eigenvalue weighted by atomic mass is 16.3. The summed E-state index contributed by atoms with van der Waals surface area (Å²) >= 11 is 0. The van der Waals surface area contributed by atoms with Crippen molar-refractivity contribution in [3.8, 4) is 11.4 Å². The smallest absolute Gasteiger partial charge is 0.137 e. The molecule has 0 saturated carbocycles. The summed E-state index contributed by atoms with van der Waals surface area (Å²) in [5.41, 5.74) is 24.2. The Labute approximate surface area is 589 Å². The largest absolute Gasteiger partial charge is 0.456 e. The molecule has 0 saturated heterocycles. The molecule has 0 spiro atoms. The minimum Gasteiger partial charge on any atom is -0.456 e. The minimum atomic E-state index is -0.0967. The van der Waals surface area contributed by atoms with Gasteiger partial charge in [0.25, 0.3) is 0 Å². The van der Waals surface area contributed by atoms with Crippen molar-refractivity contribution >= 4 is 132 Å². The molecule has 0 bridgehead atoms. The van der Waals surface area contributed by atoms with Crippen LogP contribution in [0.1, 0.15) is 158 Å². The van der Waals surface area contributed by atoms with Gasteiger partial charge in [0.2, 0.25) is 0 Å². The second-order valence-electron chi connectivity index (χ2n) is 34.5. The summed E-state index contributed by atoms with van der Waals surface area (Å²) in [5.74, 6) is 0. The number of nitrogens with zero attached hydrogens (tertiary/aromatic N) is 4. The molecule has 0 fully saturated rings. The van der Waals surface area contributed by atoms with E-state index in [0.29, 0.717) is 0 Å². The second kappa shape index (κ2) is 22.6. The maximum atomic E-state index is 7.09. The number of furan rings is 2. The van der Waals surface area contributed by atoms with Gasteiger partial charge in [-0.2, -0.15) is 0 Å². The number of aromatic nitrogens is 2. The van der Waals surface area contributed by atoms with Crippen LogP contribution in [0.25, 0.3) is 110 Å². The lowest BCUT2D eigenvalue weighted by Crippen LogP contribution is -2.19. The van der Waals surface area contributed by atoms with E-state index in [4.69, 9.17) is 8.83 Å². The molecule has 0 aliphatic carbocycles. The Morgan fingerprint density at radius 2 is 0.540 bits per heavy atom. The Balaban J connectivity index is 0.824. The number of para-hydroxylation sites is 2. The molecule has 16 rings (SSSR count). The topological polar surface area (TPSA) is 42.6 Å². The molecule has 0 atom stereocenters. The van der Waals surface area contributed by atoms with Gasteiger partial charge in [-0.05, 0) is 222 Å². The highest BCUT2D eigenvalue weighted by molar-refractivity contribution is 6.17. The van der Waals surface area contributed by atoms with Crippen molar-refractivity contribution in [3.05, 3.63) is 264 Å². The SMILES string of the molecule is CC(C)(C)c1cccc(-n2c3ccccc3c3cc(N(c4cc(C(C)(C)C)cc(C(C)(C)C)c4)c4ccc5c(c4)oc4cc6cc7c(cc6cc45)oc4cc(N(c5cc(C(C)(C)C)cc(C(C)(C)C)c5)c5ccc6c(c5)c5ccccc5n6-c5cccc(C(C)(C)C)c5)ccc47)ccc32)c1. The van der Waals surface area contributed by atoms with E-state index < -0.39 is 0 Å². The van der Waals surface area contributed by atoms with Crippen LogP contribution in [0.4, 0.5) is 34.1 Å². The summed E-state index contributed by atoms with van der Waals surface area (Å²) in [4.78, 5) is 4.89. The summed E-state index contributed by atoms with van der Waals surface area (Å²) in [7, 11) is 0. The molecule has 0 aliphatic heterocycles. The van der Waals surface area contributed by atoms with Crippen LogP contribution in [-0.4, -0.2) is 9.13 Å². The first-order valence-electron chi connectivity index (χ1n) is 35.8. The van der Waals surface area contributed by atoms with Crippen molar-refractivity contribution < 1.29 is 8.83 Å². The predicted molar refractivity (Wildman–Crippen MR) is 429 cm³/mol. The van der Waals surface area contributed by atoms with Crippen molar-refractivity contribution in [3.63, 3.8) is 0 Å². The molecule has 12 aromatic carbocycles. The van der Waals surface area contributed by atoms with Crippen LogP contribution in [0.2, 0.25) is 0 Å². The Bertz CT molecular complexity index is 5560. The van der Waals surface area contributed by atoms with E-state index in [1.807, 2.05) is 0 Å². The van der Waals surface area contributed by atoms with Crippen molar-refractivity contribution in [2.24, 2.45) is 0 Å². The zero-order valence-corrected chi connectivity index (χ0v) is 61.5. The van der Waals surface area contributed by atoms with Gasteiger partial charge in [-0.15, -0.1) is 0 Å². The molecule has 4 aromatic heterocycles. The van der Waals surface area contributed by atoms with Crippen molar-refractivity contribution in [1.82, 2.24) is 9.13 Å². The third kappa shape index (κ3) is 11.1. The summed E-state index contributed by atoms with van der Waals surface area (Å²) in [6, 6.07) is 86.9. The Morgan fingerprint density at radius 3 is 0.900 bits per heavy atom. The fraction of sp³-hybridized carbons (Fsp3) is 0.255. The number of anilines is 6. The van der Waals surface area contributed by atoms with E-state index in [2.05, 4.69) is 374 Å². The van der Waals surface area contributed by atoms with Crippen molar-refractivity contribution in [2.75, 3.05) is 9.80 Å². The lowest BCUT2D eigenvalue weighted by atomic mass is 9.80. The summed E-state index contributed by atoms with van der Waals surface area (Å²) in [6.07, 6.45) is 0. The number of rotatable bonds is 8. The average molecular weight is 1310 g/mol. The van der Waals surface area contributed by atoms with Crippen LogP contribution in [0.5, 0.6) is 0 Å². The summed E-state index contributed by atoms with van der Waals surface area (Å²) < 4.78 is 19.1. The third-order valence-corrected chi connectivity index (χ3v) is 21.1. The molecular formula is C94H92N4O2. The molecular weight excluding hydrogens is 1220 g/mol. The van der Waals surface area contributed by atoms with Crippen LogP contribution in [0, 0.1) is 0 Å². The van der Waals surface area contributed by atoms with Gasteiger partial charge >= 0.3 is 0 Å². The quantitative estimate of drug-likeness (QED) is 0.152.